The van der Waals surface area contributed by atoms with Crippen molar-refractivity contribution in [2.45, 2.75) is 45.1 Å². The van der Waals surface area contributed by atoms with Gasteiger partial charge in [-0.05, 0) is 43.1 Å². The second kappa shape index (κ2) is 6.35. The standard InChI is InChI=1S/C16H26N2/c1-2-16(10-11-16)13-18-12-15(17)9-8-14-6-4-3-5-7-14/h3-7,15,18H,2,8-13,17H2,1H3/t15-/m0/s1. The summed E-state index contributed by atoms with van der Waals surface area (Å²) in [6.07, 6.45) is 6.25. The van der Waals surface area contributed by atoms with Crippen LogP contribution in [-0.2, 0) is 6.42 Å². The van der Waals surface area contributed by atoms with Crippen LogP contribution in [0.4, 0.5) is 0 Å². The zero-order chi connectivity index (χ0) is 12.8. The summed E-state index contributed by atoms with van der Waals surface area (Å²) in [5.74, 6) is 0. The van der Waals surface area contributed by atoms with Crippen molar-refractivity contribution in [2.24, 2.45) is 11.1 Å². The van der Waals surface area contributed by atoms with Gasteiger partial charge in [0.25, 0.3) is 0 Å². The highest BCUT2D eigenvalue weighted by atomic mass is 14.9. The number of hydrogen-bond donors (Lipinski definition) is 2. The molecule has 1 atom stereocenters. The van der Waals surface area contributed by atoms with E-state index < -0.39 is 0 Å². The fourth-order valence-corrected chi connectivity index (χ4v) is 2.45. The minimum atomic E-state index is 0.276. The third kappa shape index (κ3) is 4.11. The summed E-state index contributed by atoms with van der Waals surface area (Å²) in [5, 5.41) is 3.55. The van der Waals surface area contributed by atoms with Crippen molar-refractivity contribution >= 4 is 0 Å². The zero-order valence-corrected chi connectivity index (χ0v) is 11.5. The van der Waals surface area contributed by atoms with E-state index in [0.717, 1.165) is 25.9 Å². The molecule has 0 spiro atoms. The Labute approximate surface area is 111 Å². The Bertz CT molecular complexity index is 343. The second-order valence-corrected chi connectivity index (χ2v) is 5.77. The van der Waals surface area contributed by atoms with Crippen molar-refractivity contribution < 1.29 is 0 Å². The molecule has 1 aliphatic rings. The first-order chi connectivity index (χ1) is 8.74. The number of aryl methyl sites for hydroxylation is 1. The summed E-state index contributed by atoms with van der Waals surface area (Å²) in [6.45, 7) is 4.40. The lowest BCUT2D eigenvalue weighted by molar-refractivity contribution is 0.426. The molecule has 0 amide bonds. The van der Waals surface area contributed by atoms with Gasteiger partial charge in [0, 0.05) is 19.1 Å². The van der Waals surface area contributed by atoms with Gasteiger partial charge in [0.05, 0.1) is 0 Å². The van der Waals surface area contributed by atoms with Crippen LogP contribution >= 0.6 is 0 Å². The lowest BCUT2D eigenvalue weighted by Gasteiger charge is -2.17. The molecule has 1 saturated carbocycles. The number of nitrogens with two attached hydrogens (primary N) is 1. The molecule has 1 aromatic rings. The van der Waals surface area contributed by atoms with Gasteiger partial charge in [-0.1, -0.05) is 37.3 Å². The Morgan fingerprint density at radius 2 is 2.00 bits per heavy atom. The summed E-state index contributed by atoms with van der Waals surface area (Å²) >= 11 is 0. The first-order valence-electron chi connectivity index (χ1n) is 7.24. The smallest absolute Gasteiger partial charge is 0.0168 e. The molecule has 0 unspecified atom stereocenters. The molecule has 100 valence electrons. The van der Waals surface area contributed by atoms with Crippen molar-refractivity contribution in [1.29, 1.82) is 0 Å². The Morgan fingerprint density at radius 1 is 1.28 bits per heavy atom. The Balaban J connectivity index is 1.59. The first kappa shape index (κ1) is 13.6. The minimum Gasteiger partial charge on any atom is -0.327 e. The maximum Gasteiger partial charge on any atom is 0.0168 e. The third-order valence-electron chi connectivity index (χ3n) is 4.26. The van der Waals surface area contributed by atoms with Gasteiger partial charge < -0.3 is 11.1 Å². The molecule has 2 heteroatoms. The largest absolute Gasteiger partial charge is 0.327 e. The molecule has 2 rings (SSSR count). The molecule has 1 aromatic carbocycles. The van der Waals surface area contributed by atoms with Crippen molar-refractivity contribution in [3.8, 4) is 0 Å². The van der Waals surface area contributed by atoms with Gasteiger partial charge in [-0.3, -0.25) is 0 Å². The molecule has 0 heterocycles. The van der Waals surface area contributed by atoms with Crippen molar-refractivity contribution in [2.75, 3.05) is 13.1 Å². The normalized spacial score (nSPS) is 18.6. The van der Waals surface area contributed by atoms with E-state index in [1.807, 2.05) is 0 Å². The van der Waals surface area contributed by atoms with Crippen LogP contribution in [-0.4, -0.2) is 19.1 Å². The number of hydrogen-bond acceptors (Lipinski definition) is 2. The molecule has 1 fully saturated rings. The molecule has 0 aromatic heterocycles. The SMILES string of the molecule is CCC1(CNC[C@@H](N)CCc2ccccc2)CC1. The molecular formula is C16H26N2. The van der Waals surface area contributed by atoms with Gasteiger partial charge in [-0.25, -0.2) is 0 Å². The predicted octanol–water partition coefficient (Wildman–Crippen LogP) is 2.73. The van der Waals surface area contributed by atoms with Crippen molar-refractivity contribution in [3.63, 3.8) is 0 Å². The van der Waals surface area contributed by atoms with Crippen LogP contribution < -0.4 is 11.1 Å². The van der Waals surface area contributed by atoms with E-state index in [0.29, 0.717) is 5.41 Å². The number of nitrogens with one attached hydrogen (secondary N) is 1. The van der Waals surface area contributed by atoms with E-state index in [4.69, 9.17) is 5.73 Å². The van der Waals surface area contributed by atoms with Gasteiger partial charge in [-0.2, -0.15) is 0 Å². The summed E-state index contributed by atoms with van der Waals surface area (Å²) in [7, 11) is 0. The molecule has 0 aliphatic heterocycles. The highest BCUT2D eigenvalue weighted by Gasteiger charge is 2.39. The van der Waals surface area contributed by atoms with Crippen LogP contribution in [0.25, 0.3) is 0 Å². The maximum absolute atomic E-state index is 6.15. The topological polar surface area (TPSA) is 38.0 Å². The number of rotatable bonds is 8. The van der Waals surface area contributed by atoms with Gasteiger partial charge >= 0.3 is 0 Å². The van der Waals surface area contributed by atoms with E-state index in [1.54, 1.807) is 0 Å². The lowest BCUT2D eigenvalue weighted by Crippen LogP contribution is -2.36. The highest BCUT2D eigenvalue weighted by molar-refractivity contribution is 5.14. The van der Waals surface area contributed by atoms with Crippen LogP contribution in [0.5, 0.6) is 0 Å². The molecular weight excluding hydrogens is 220 g/mol. The Hall–Kier alpha value is -0.860. The molecule has 18 heavy (non-hydrogen) atoms. The Kier molecular flexibility index (Phi) is 4.79. The van der Waals surface area contributed by atoms with Crippen LogP contribution in [0.2, 0.25) is 0 Å². The summed E-state index contributed by atoms with van der Waals surface area (Å²) in [4.78, 5) is 0. The van der Waals surface area contributed by atoms with Gasteiger partial charge in [0.2, 0.25) is 0 Å². The van der Waals surface area contributed by atoms with E-state index in [1.165, 1.54) is 24.8 Å². The average molecular weight is 246 g/mol. The van der Waals surface area contributed by atoms with E-state index in [-0.39, 0.29) is 6.04 Å². The summed E-state index contributed by atoms with van der Waals surface area (Å²) < 4.78 is 0. The van der Waals surface area contributed by atoms with Crippen LogP contribution in [0, 0.1) is 5.41 Å². The highest BCUT2D eigenvalue weighted by Crippen LogP contribution is 2.47. The fourth-order valence-electron chi connectivity index (χ4n) is 2.45. The molecule has 0 radical (unpaired) electrons. The fraction of sp³-hybridized carbons (Fsp3) is 0.625. The first-order valence-corrected chi connectivity index (χ1v) is 7.24. The minimum absolute atomic E-state index is 0.276. The third-order valence-corrected chi connectivity index (χ3v) is 4.26. The molecule has 2 nitrogen and oxygen atoms in total. The molecule has 3 N–H and O–H groups in total. The van der Waals surface area contributed by atoms with E-state index >= 15 is 0 Å². The van der Waals surface area contributed by atoms with E-state index in [9.17, 15) is 0 Å². The predicted molar refractivity (Wildman–Crippen MR) is 77.6 cm³/mol. The summed E-state index contributed by atoms with van der Waals surface area (Å²) in [6, 6.07) is 10.9. The Morgan fingerprint density at radius 3 is 2.61 bits per heavy atom. The number of benzene rings is 1. The summed E-state index contributed by atoms with van der Waals surface area (Å²) in [5.41, 5.74) is 8.16. The zero-order valence-electron chi connectivity index (χ0n) is 11.5. The maximum atomic E-state index is 6.15. The van der Waals surface area contributed by atoms with E-state index in [2.05, 4.69) is 42.6 Å². The molecule has 1 aliphatic carbocycles. The van der Waals surface area contributed by atoms with Crippen LogP contribution in [0.15, 0.2) is 30.3 Å². The average Bonchev–Trinajstić information content (AvgIpc) is 3.18. The van der Waals surface area contributed by atoms with Crippen molar-refractivity contribution in [1.82, 2.24) is 5.32 Å². The van der Waals surface area contributed by atoms with Gasteiger partial charge in [0.1, 0.15) is 0 Å². The van der Waals surface area contributed by atoms with Crippen LogP contribution in [0.3, 0.4) is 0 Å². The monoisotopic (exact) mass is 246 g/mol. The molecule has 0 saturated heterocycles. The molecule has 0 bridgehead atoms. The van der Waals surface area contributed by atoms with Crippen LogP contribution in [0.1, 0.15) is 38.2 Å². The second-order valence-electron chi connectivity index (χ2n) is 5.77. The van der Waals surface area contributed by atoms with Gasteiger partial charge in [-0.15, -0.1) is 0 Å². The van der Waals surface area contributed by atoms with Crippen molar-refractivity contribution in [3.05, 3.63) is 35.9 Å². The lowest BCUT2D eigenvalue weighted by atomic mass is 10.0. The van der Waals surface area contributed by atoms with Gasteiger partial charge in [0.15, 0.2) is 0 Å². The quantitative estimate of drug-likeness (QED) is 0.740.